The van der Waals surface area contributed by atoms with E-state index in [1.165, 1.54) is 21.1 Å². The van der Waals surface area contributed by atoms with E-state index in [-0.39, 0.29) is 42.7 Å². The molecule has 1 spiro atoms. The highest BCUT2D eigenvalue weighted by Gasteiger charge is 2.59. The largest absolute Gasteiger partial charge is 0.493 e. The molecule has 0 N–H and O–H groups in total. The minimum Gasteiger partial charge on any atom is -0.493 e. The summed E-state index contributed by atoms with van der Waals surface area (Å²) < 4.78 is 34.3. The average Bonchev–Trinajstić information content (AvgIpc) is 3.39. The lowest BCUT2D eigenvalue weighted by molar-refractivity contribution is -0.150. The van der Waals surface area contributed by atoms with E-state index in [0.717, 1.165) is 5.57 Å². The Bertz CT molecular complexity index is 1080. The second-order valence-corrected chi connectivity index (χ2v) is 8.77. The number of ether oxygens (including phenoxy) is 6. The predicted molar refractivity (Wildman–Crippen MR) is 111 cm³/mol. The third kappa shape index (κ3) is 2.61. The van der Waals surface area contributed by atoms with Gasteiger partial charge in [-0.2, -0.15) is 0 Å². The van der Waals surface area contributed by atoms with Crippen LogP contribution in [0, 0.1) is 11.8 Å². The van der Waals surface area contributed by atoms with Crippen molar-refractivity contribution < 1.29 is 38.0 Å². The quantitative estimate of drug-likeness (QED) is 0.659. The highest BCUT2D eigenvalue weighted by atomic mass is 16.7. The first-order chi connectivity index (χ1) is 15.3. The Morgan fingerprint density at radius 2 is 1.91 bits per heavy atom. The van der Waals surface area contributed by atoms with E-state index >= 15 is 0 Å². The molecule has 4 atom stereocenters. The van der Waals surface area contributed by atoms with Crippen molar-refractivity contribution in [2.24, 2.45) is 11.8 Å². The molecular weight excluding hydrogens is 416 g/mol. The van der Waals surface area contributed by atoms with E-state index < -0.39 is 11.5 Å². The van der Waals surface area contributed by atoms with E-state index in [2.05, 4.69) is 13.8 Å². The second-order valence-electron chi connectivity index (χ2n) is 8.77. The Kier molecular flexibility index (Phi) is 4.65. The van der Waals surface area contributed by atoms with Crippen molar-refractivity contribution in [3.8, 4) is 17.2 Å². The van der Waals surface area contributed by atoms with Gasteiger partial charge in [0.05, 0.1) is 14.2 Å². The van der Waals surface area contributed by atoms with Gasteiger partial charge in [-0.25, -0.2) is 0 Å². The molecule has 2 heterocycles. The van der Waals surface area contributed by atoms with Crippen LogP contribution in [0.3, 0.4) is 0 Å². The number of Topliss-reactive ketones (excluding diaryl/α,β-unsaturated/α-hetero) is 1. The van der Waals surface area contributed by atoms with Gasteiger partial charge in [-0.3, -0.25) is 9.59 Å². The lowest BCUT2D eigenvalue weighted by atomic mass is 9.62. The Balaban J connectivity index is 1.85. The molecule has 0 fully saturated rings. The van der Waals surface area contributed by atoms with Gasteiger partial charge >= 0.3 is 5.97 Å². The summed E-state index contributed by atoms with van der Waals surface area (Å²) in [6, 6.07) is 1.83. The standard InChI is InChI=1S/C24H26O8/c1-11-6-14-7-16(27-4)21(28-5)23(26)24(14)9-29-22-18(24)15(8-17-20(22)31-10-30-17)19(12(11)2)32-13(3)25/h7-8,11-12,19H,6,9-10H2,1-5H3/t11-,12-,19-,24+/m1/s1. The van der Waals surface area contributed by atoms with Gasteiger partial charge in [-0.05, 0) is 30.1 Å². The maximum atomic E-state index is 14.0. The zero-order valence-electron chi connectivity index (χ0n) is 18.8. The van der Waals surface area contributed by atoms with E-state index in [1.807, 2.05) is 12.1 Å². The Morgan fingerprint density at radius 1 is 1.12 bits per heavy atom. The SMILES string of the molecule is COC1=C(OC)C(=O)[C@]23COc4c5c(cc(c42)[C@H](OC(C)=O)[C@H](C)[C@H](C)CC3=C1)OCO5. The highest BCUT2D eigenvalue weighted by Crippen LogP contribution is 2.61. The Morgan fingerprint density at radius 3 is 2.59 bits per heavy atom. The molecule has 1 aromatic carbocycles. The van der Waals surface area contributed by atoms with E-state index in [1.54, 1.807) is 0 Å². The van der Waals surface area contributed by atoms with Crippen molar-refractivity contribution in [1.82, 2.24) is 0 Å². The summed E-state index contributed by atoms with van der Waals surface area (Å²) in [5, 5.41) is 0. The van der Waals surface area contributed by atoms with Crippen LogP contribution < -0.4 is 14.2 Å². The van der Waals surface area contributed by atoms with Crippen molar-refractivity contribution in [3.63, 3.8) is 0 Å². The van der Waals surface area contributed by atoms with Crippen molar-refractivity contribution >= 4 is 11.8 Å². The summed E-state index contributed by atoms with van der Waals surface area (Å²) in [6.45, 7) is 5.69. The van der Waals surface area contributed by atoms with Gasteiger partial charge in [0.15, 0.2) is 17.3 Å². The van der Waals surface area contributed by atoms with Crippen molar-refractivity contribution in [2.45, 2.75) is 38.7 Å². The van der Waals surface area contributed by atoms with E-state index in [0.29, 0.717) is 40.6 Å². The molecule has 2 aliphatic carbocycles. The van der Waals surface area contributed by atoms with Crippen molar-refractivity contribution in [2.75, 3.05) is 27.6 Å². The lowest BCUT2D eigenvalue weighted by Crippen LogP contribution is -2.46. The summed E-state index contributed by atoms with van der Waals surface area (Å²) in [7, 11) is 2.97. The zero-order valence-corrected chi connectivity index (χ0v) is 18.8. The van der Waals surface area contributed by atoms with Crippen LogP contribution in [0.1, 0.15) is 44.4 Å². The first-order valence-corrected chi connectivity index (χ1v) is 10.7. The number of methoxy groups -OCH3 is 2. The fourth-order valence-corrected chi connectivity index (χ4v) is 5.36. The monoisotopic (exact) mass is 442 g/mol. The number of carbonyl (C=O) groups excluding carboxylic acids is 2. The van der Waals surface area contributed by atoms with Crippen LogP contribution >= 0.6 is 0 Å². The van der Waals surface area contributed by atoms with Crippen LogP contribution in [-0.4, -0.2) is 39.4 Å². The number of ketones is 1. The van der Waals surface area contributed by atoms with Gasteiger partial charge in [-0.15, -0.1) is 0 Å². The molecule has 0 amide bonds. The first kappa shape index (κ1) is 20.7. The summed E-state index contributed by atoms with van der Waals surface area (Å²) >= 11 is 0. The molecule has 0 unspecified atom stereocenters. The number of benzene rings is 1. The molecule has 0 aromatic heterocycles. The van der Waals surface area contributed by atoms with Crippen LogP contribution in [0.25, 0.3) is 0 Å². The predicted octanol–water partition coefficient (Wildman–Crippen LogP) is 3.34. The molecule has 8 heteroatoms. The van der Waals surface area contributed by atoms with E-state index in [9.17, 15) is 9.59 Å². The molecule has 170 valence electrons. The molecule has 32 heavy (non-hydrogen) atoms. The van der Waals surface area contributed by atoms with Gasteiger partial charge in [0, 0.05) is 24.0 Å². The maximum absolute atomic E-state index is 14.0. The first-order valence-electron chi connectivity index (χ1n) is 10.7. The minimum atomic E-state index is -1.12. The third-order valence-electron chi connectivity index (χ3n) is 7.12. The number of esters is 1. The van der Waals surface area contributed by atoms with Gasteiger partial charge in [0.1, 0.15) is 18.1 Å². The number of rotatable bonds is 3. The van der Waals surface area contributed by atoms with Crippen LogP contribution in [-0.2, 0) is 29.2 Å². The molecule has 2 aliphatic heterocycles. The topological polar surface area (TPSA) is 89.5 Å². The number of hydrogen-bond acceptors (Lipinski definition) is 8. The second kappa shape index (κ2) is 7.18. The number of carbonyl (C=O) groups is 2. The van der Waals surface area contributed by atoms with Gasteiger partial charge in [-0.1, -0.05) is 13.8 Å². The summed E-state index contributed by atoms with van der Waals surface area (Å²) in [5.41, 5.74) is 1.13. The highest BCUT2D eigenvalue weighted by molar-refractivity contribution is 6.08. The summed E-state index contributed by atoms with van der Waals surface area (Å²) in [6.07, 6.45) is 1.92. The van der Waals surface area contributed by atoms with Crippen LogP contribution in [0.5, 0.6) is 17.2 Å². The number of hydrogen-bond donors (Lipinski definition) is 0. The van der Waals surface area contributed by atoms with E-state index in [4.69, 9.17) is 28.4 Å². The molecule has 0 saturated carbocycles. The molecule has 0 bridgehead atoms. The normalized spacial score (nSPS) is 29.8. The van der Waals surface area contributed by atoms with Gasteiger partial charge in [0.25, 0.3) is 0 Å². The lowest BCUT2D eigenvalue weighted by Gasteiger charge is -2.41. The fraction of sp³-hybridized carbons (Fsp3) is 0.500. The number of fused-ring (bicyclic) bond motifs is 2. The summed E-state index contributed by atoms with van der Waals surface area (Å²) in [4.78, 5) is 26.1. The third-order valence-corrected chi connectivity index (χ3v) is 7.12. The Labute approximate surface area is 186 Å². The van der Waals surface area contributed by atoms with Crippen LogP contribution in [0.4, 0.5) is 0 Å². The molecule has 5 rings (SSSR count). The van der Waals surface area contributed by atoms with Crippen LogP contribution in [0.15, 0.2) is 29.2 Å². The molecule has 8 nitrogen and oxygen atoms in total. The zero-order chi connectivity index (χ0) is 22.8. The maximum Gasteiger partial charge on any atom is 0.303 e. The average molecular weight is 442 g/mol. The molecule has 0 radical (unpaired) electrons. The molecule has 1 aromatic rings. The Hall–Kier alpha value is -3.16. The van der Waals surface area contributed by atoms with Gasteiger partial charge < -0.3 is 28.4 Å². The molecular formula is C24H26O8. The summed E-state index contributed by atoms with van der Waals surface area (Å²) in [5.74, 6) is 1.42. The molecule has 4 aliphatic rings. The number of allylic oxidation sites excluding steroid dienone is 2. The van der Waals surface area contributed by atoms with Gasteiger partial charge in [0.2, 0.25) is 24.1 Å². The van der Waals surface area contributed by atoms with Crippen LogP contribution in [0.2, 0.25) is 0 Å². The van der Waals surface area contributed by atoms with Crippen molar-refractivity contribution in [3.05, 3.63) is 40.4 Å². The minimum absolute atomic E-state index is 0.0308. The smallest absolute Gasteiger partial charge is 0.303 e. The fourth-order valence-electron chi connectivity index (χ4n) is 5.36. The molecule has 0 saturated heterocycles. The van der Waals surface area contributed by atoms with Crippen molar-refractivity contribution in [1.29, 1.82) is 0 Å².